The van der Waals surface area contributed by atoms with Gasteiger partial charge >= 0.3 is 0 Å². The van der Waals surface area contributed by atoms with Crippen molar-refractivity contribution in [1.82, 2.24) is 18.8 Å². The summed E-state index contributed by atoms with van der Waals surface area (Å²) in [7, 11) is 0. The molecule has 3 aromatic rings. The third-order valence-corrected chi connectivity index (χ3v) is 7.67. The van der Waals surface area contributed by atoms with Crippen LogP contribution in [0.25, 0.3) is 22.3 Å². The molecule has 0 amide bonds. The molecule has 31 heavy (non-hydrogen) atoms. The quantitative estimate of drug-likeness (QED) is 0.545. The van der Waals surface area contributed by atoms with E-state index >= 15 is 0 Å². The van der Waals surface area contributed by atoms with E-state index in [0.717, 1.165) is 48.5 Å². The predicted molar refractivity (Wildman–Crippen MR) is 128 cm³/mol. The topological polar surface area (TPSA) is 52.4 Å². The van der Waals surface area contributed by atoms with Crippen molar-refractivity contribution in [2.45, 2.75) is 51.0 Å². The first kappa shape index (κ1) is 21.2. The highest BCUT2D eigenvalue weighted by atomic mass is 32.1. The Hall–Kier alpha value is -1.61. The second-order valence-corrected chi connectivity index (χ2v) is 9.72. The van der Waals surface area contributed by atoms with Gasteiger partial charge in [0.25, 0.3) is 5.19 Å². The molecule has 0 bridgehead atoms. The number of aromatic nitrogens is 3. The minimum Gasteiger partial charge on any atom is -0.470 e. The fourth-order valence-corrected chi connectivity index (χ4v) is 6.01. The van der Waals surface area contributed by atoms with Crippen LogP contribution in [0.1, 0.15) is 50.5 Å². The first-order chi connectivity index (χ1) is 15.2. The molecule has 1 aliphatic carbocycles. The summed E-state index contributed by atoms with van der Waals surface area (Å²) in [5.41, 5.74) is 4.22. The van der Waals surface area contributed by atoms with Gasteiger partial charge in [0.2, 0.25) is 0 Å². The molecule has 1 saturated heterocycles. The van der Waals surface area contributed by atoms with Crippen molar-refractivity contribution in [3.05, 3.63) is 29.4 Å². The van der Waals surface area contributed by atoms with Gasteiger partial charge in [-0.2, -0.15) is 0 Å². The van der Waals surface area contributed by atoms with Crippen LogP contribution < -0.4 is 4.74 Å². The predicted octanol–water partition coefficient (Wildman–Crippen LogP) is 5.00. The molecule has 2 aliphatic rings. The van der Waals surface area contributed by atoms with Crippen LogP contribution in [0.3, 0.4) is 0 Å². The van der Waals surface area contributed by atoms with Gasteiger partial charge in [0.15, 0.2) is 0 Å². The number of hydrogen-bond donors (Lipinski definition) is 1. The van der Waals surface area contributed by atoms with Crippen LogP contribution in [-0.2, 0) is 4.74 Å². The summed E-state index contributed by atoms with van der Waals surface area (Å²) in [6.45, 7) is 6.66. The lowest BCUT2D eigenvalue weighted by atomic mass is 9.81. The lowest BCUT2D eigenvalue weighted by molar-refractivity contribution is 0.118. The number of hydrogen-bond acceptors (Lipinski definition) is 7. The molecule has 1 aliphatic heterocycles. The Morgan fingerprint density at radius 1 is 1.23 bits per heavy atom. The van der Waals surface area contributed by atoms with E-state index in [1.54, 1.807) is 3.97 Å². The molecule has 6 nitrogen and oxygen atoms in total. The molecule has 5 rings (SSSR count). The Morgan fingerprint density at radius 3 is 2.94 bits per heavy atom. The van der Waals surface area contributed by atoms with Crippen molar-refractivity contribution in [2.24, 2.45) is 0 Å². The molecule has 0 atom stereocenters. The molecule has 4 heterocycles. The Labute approximate surface area is 193 Å². The maximum Gasteiger partial charge on any atom is 0.273 e. The van der Waals surface area contributed by atoms with Crippen LogP contribution >= 0.6 is 24.2 Å². The number of fused-ring (bicyclic) bond motifs is 1. The monoisotopic (exact) mass is 458 g/mol. The summed E-state index contributed by atoms with van der Waals surface area (Å²) in [5, 5.41) is 3.88. The summed E-state index contributed by atoms with van der Waals surface area (Å²) in [6.07, 6.45) is 10.2. The zero-order chi connectivity index (χ0) is 21.2. The molecule has 3 aromatic heterocycles. The van der Waals surface area contributed by atoms with E-state index in [1.165, 1.54) is 49.1 Å². The summed E-state index contributed by atoms with van der Waals surface area (Å²) in [4.78, 5) is 12.1. The summed E-state index contributed by atoms with van der Waals surface area (Å²) >= 11 is 6.13. The van der Waals surface area contributed by atoms with E-state index in [4.69, 9.17) is 14.5 Å². The van der Waals surface area contributed by atoms with Crippen molar-refractivity contribution in [2.75, 3.05) is 32.9 Å². The number of rotatable bonds is 5. The highest BCUT2D eigenvalue weighted by Crippen LogP contribution is 2.38. The maximum absolute atomic E-state index is 5.64. The van der Waals surface area contributed by atoms with Crippen LogP contribution in [0.2, 0.25) is 0 Å². The molecule has 0 aromatic carbocycles. The SMILES string of the molecule is CCOc1nc(-c2cn(S)c3ncc(C4CCC(N5CCCOCC5)CC4)cc23)cs1. The van der Waals surface area contributed by atoms with Gasteiger partial charge in [0.05, 0.1) is 18.9 Å². The molecule has 166 valence electrons. The normalized spacial score (nSPS) is 23.2. The summed E-state index contributed by atoms with van der Waals surface area (Å²) < 4.78 is 13.0. The molecule has 8 heteroatoms. The highest BCUT2D eigenvalue weighted by Gasteiger charge is 2.28. The summed E-state index contributed by atoms with van der Waals surface area (Å²) in [6, 6.07) is 3.02. The van der Waals surface area contributed by atoms with Crippen LogP contribution in [0, 0.1) is 0 Å². The zero-order valence-electron chi connectivity index (χ0n) is 18.0. The van der Waals surface area contributed by atoms with Gasteiger partial charge in [0.1, 0.15) is 5.65 Å². The van der Waals surface area contributed by atoms with E-state index in [0.29, 0.717) is 23.8 Å². The van der Waals surface area contributed by atoms with Gasteiger partial charge in [0, 0.05) is 54.5 Å². The van der Waals surface area contributed by atoms with Crippen LogP contribution in [0.5, 0.6) is 5.19 Å². The number of pyridine rings is 1. The van der Waals surface area contributed by atoms with Crippen LogP contribution in [0.4, 0.5) is 0 Å². The van der Waals surface area contributed by atoms with Gasteiger partial charge in [-0.3, -0.25) is 8.87 Å². The van der Waals surface area contributed by atoms with Gasteiger partial charge in [-0.25, -0.2) is 9.97 Å². The molecule has 0 N–H and O–H groups in total. The van der Waals surface area contributed by atoms with Crippen LogP contribution in [-0.4, -0.2) is 57.8 Å². The van der Waals surface area contributed by atoms with Gasteiger partial charge in [-0.15, -0.1) is 0 Å². The smallest absolute Gasteiger partial charge is 0.273 e. The average Bonchev–Trinajstić information content (AvgIpc) is 3.27. The number of nitrogens with zero attached hydrogens (tertiary/aromatic N) is 4. The van der Waals surface area contributed by atoms with Gasteiger partial charge in [-0.1, -0.05) is 24.2 Å². The Balaban J connectivity index is 1.35. The van der Waals surface area contributed by atoms with E-state index in [-0.39, 0.29) is 0 Å². The van der Waals surface area contributed by atoms with Gasteiger partial charge in [-0.05, 0) is 56.6 Å². The first-order valence-corrected chi connectivity index (χ1v) is 12.6. The van der Waals surface area contributed by atoms with E-state index in [1.807, 2.05) is 13.1 Å². The third-order valence-electron chi connectivity index (χ3n) is 6.61. The molecule has 1 saturated carbocycles. The molecule has 0 unspecified atom stereocenters. The Bertz CT molecular complexity index is 1020. The molecular formula is C23H30N4O2S2. The van der Waals surface area contributed by atoms with E-state index in [2.05, 4.69) is 40.3 Å². The second kappa shape index (κ2) is 9.48. The first-order valence-electron chi connectivity index (χ1n) is 11.3. The summed E-state index contributed by atoms with van der Waals surface area (Å²) in [5.74, 6) is 0.571. The van der Waals surface area contributed by atoms with Crippen molar-refractivity contribution >= 4 is 35.2 Å². The Kier molecular flexibility index (Phi) is 6.50. The number of thiol groups is 1. The standard InChI is InChI=1S/C23H30N4O2S2/c1-2-29-23-25-21(15-31-23)20-14-27(30)22-19(20)12-17(13-24-22)16-4-6-18(7-5-16)26-8-3-10-28-11-9-26/h12-16,18,30H,2-11H2,1H3. The molecular weight excluding hydrogens is 428 g/mol. The van der Waals surface area contributed by atoms with Crippen molar-refractivity contribution in [1.29, 1.82) is 0 Å². The Morgan fingerprint density at radius 2 is 2.10 bits per heavy atom. The third kappa shape index (κ3) is 4.49. The van der Waals surface area contributed by atoms with Gasteiger partial charge < -0.3 is 9.47 Å². The number of thiazole rings is 1. The van der Waals surface area contributed by atoms with E-state index < -0.39 is 0 Å². The second-order valence-electron chi connectivity index (χ2n) is 8.47. The minimum atomic E-state index is 0.571. The lowest BCUT2D eigenvalue weighted by Crippen LogP contribution is -2.39. The minimum absolute atomic E-state index is 0.571. The van der Waals surface area contributed by atoms with Crippen molar-refractivity contribution in [3.8, 4) is 16.5 Å². The van der Waals surface area contributed by atoms with Crippen molar-refractivity contribution in [3.63, 3.8) is 0 Å². The van der Waals surface area contributed by atoms with Crippen molar-refractivity contribution < 1.29 is 9.47 Å². The maximum atomic E-state index is 5.64. The molecule has 0 spiro atoms. The highest BCUT2D eigenvalue weighted by molar-refractivity contribution is 7.78. The van der Waals surface area contributed by atoms with Crippen LogP contribution in [0.15, 0.2) is 23.8 Å². The fourth-order valence-electron chi connectivity index (χ4n) is 5.01. The largest absolute Gasteiger partial charge is 0.470 e. The van der Waals surface area contributed by atoms with E-state index in [9.17, 15) is 0 Å². The lowest BCUT2D eigenvalue weighted by Gasteiger charge is -2.36. The molecule has 0 radical (unpaired) electrons. The number of ether oxygens (including phenoxy) is 2. The molecule has 2 fully saturated rings. The zero-order valence-corrected chi connectivity index (χ0v) is 19.7. The average molecular weight is 459 g/mol. The fraction of sp³-hybridized carbons (Fsp3) is 0.565.